The van der Waals surface area contributed by atoms with Crippen molar-refractivity contribution < 1.29 is 12.8 Å². The second-order valence-electron chi connectivity index (χ2n) is 5.91. The van der Waals surface area contributed by atoms with Gasteiger partial charge < -0.3 is 0 Å². The lowest BCUT2D eigenvalue weighted by Crippen LogP contribution is -2.37. The molecule has 1 fully saturated rings. The minimum absolute atomic E-state index is 0.217. The zero-order chi connectivity index (χ0) is 16.4. The molecule has 1 saturated heterocycles. The molecule has 1 aliphatic rings. The molecule has 0 spiro atoms. The number of hydrogen-bond acceptors (Lipinski definition) is 4. The number of rotatable bonds is 4. The van der Waals surface area contributed by atoms with Crippen LogP contribution in [0.5, 0.6) is 0 Å². The van der Waals surface area contributed by atoms with Crippen LogP contribution in [0.25, 0.3) is 0 Å². The van der Waals surface area contributed by atoms with Gasteiger partial charge in [0.05, 0.1) is 18.5 Å². The first kappa shape index (κ1) is 16.1. The van der Waals surface area contributed by atoms with E-state index in [1.165, 1.54) is 22.7 Å². The zero-order valence-electron chi connectivity index (χ0n) is 12.9. The summed E-state index contributed by atoms with van der Waals surface area (Å²) in [6.45, 7) is 1.49. The van der Waals surface area contributed by atoms with Gasteiger partial charge in [0, 0.05) is 25.2 Å². The molecule has 0 radical (unpaired) electrons. The Morgan fingerprint density at radius 1 is 1.30 bits per heavy atom. The highest BCUT2D eigenvalue weighted by Crippen LogP contribution is 2.27. The number of aromatic nitrogens is 3. The number of benzene rings is 1. The van der Waals surface area contributed by atoms with Gasteiger partial charge in [-0.3, -0.25) is 0 Å². The van der Waals surface area contributed by atoms with E-state index in [0.717, 1.165) is 24.1 Å². The zero-order valence-corrected chi connectivity index (χ0v) is 13.7. The molecule has 0 aliphatic carbocycles. The van der Waals surface area contributed by atoms with Gasteiger partial charge in [0.1, 0.15) is 5.82 Å². The van der Waals surface area contributed by atoms with E-state index in [-0.39, 0.29) is 11.7 Å². The Morgan fingerprint density at radius 3 is 2.70 bits per heavy atom. The lowest BCUT2D eigenvalue weighted by atomic mass is 9.95. The fourth-order valence-electron chi connectivity index (χ4n) is 2.88. The maximum atomic E-state index is 13.2. The maximum absolute atomic E-state index is 13.2. The Labute approximate surface area is 135 Å². The van der Waals surface area contributed by atoms with Crippen LogP contribution in [0.15, 0.2) is 30.5 Å². The first-order valence-electron chi connectivity index (χ1n) is 7.51. The van der Waals surface area contributed by atoms with Crippen molar-refractivity contribution in [2.75, 3.05) is 19.3 Å². The van der Waals surface area contributed by atoms with Crippen LogP contribution in [0, 0.1) is 5.82 Å². The van der Waals surface area contributed by atoms with Crippen LogP contribution in [-0.4, -0.2) is 47.1 Å². The van der Waals surface area contributed by atoms with E-state index in [4.69, 9.17) is 0 Å². The van der Waals surface area contributed by atoms with Gasteiger partial charge >= 0.3 is 0 Å². The standard InChI is InChI=1S/C15H19FN4O2S/c1-23(21,22)20-7-5-13(6-8-20)15-11-19(18-17-15)10-12-3-2-4-14(16)9-12/h2-4,9,11,13H,5-8,10H2,1H3. The molecule has 0 N–H and O–H groups in total. The molecule has 23 heavy (non-hydrogen) atoms. The Balaban J connectivity index is 1.64. The van der Waals surface area contributed by atoms with Gasteiger partial charge in [-0.05, 0) is 30.5 Å². The third-order valence-electron chi connectivity index (χ3n) is 4.13. The molecule has 8 heteroatoms. The molecule has 124 valence electrons. The van der Waals surface area contributed by atoms with Crippen LogP contribution in [0.3, 0.4) is 0 Å². The first-order valence-corrected chi connectivity index (χ1v) is 9.36. The van der Waals surface area contributed by atoms with Crippen molar-refractivity contribution in [2.45, 2.75) is 25.3 Å². The minimum Gasteiger partial charge on any atom is -0.248 e. The van der Waals surface area contributed by atoms with E-state index in [1.807, 2.05) is 12.3 Å². The summed E-state index contributed by atoms with van der Waals surface area (Å²) in [4.78, 5) is 0. The van der Waals surface area contributed by atoms with E-state index >= 15 is 0 Å². The lowest BCUT2D eigenvalue weighted by Gasteiger charge is -2.28. The fourth-order valence-corrected chi connectivity index (χ4v) is 3.76. The predicted octanol–water partition coefficient (Wildman–Crippen LogP) is 1.60. The summed E-state index contributed by atoms with van der Waals surface area (Å²) >= 11 is 0. The molecule has 0 bridgehead atoms. The van der Waals surface area contributed by atoms with Crippen molar-refractivity contribution in [3.8, 4) is 0 Å². The molecule has 0 amide bonds. The monoisotopic (exact) mass is 338 g/mol. The van der Waals surface area contributed by atoms with Crippen molar-refractivity contribution in [1.82, 2.24) is 19.3 Å². The molecule has 1 aromatic heterocycles. The lowest BCUT2D eigenvalue weighted by molar-refractivity contribution is 0.318. The van der Waals surface area contributed by atoms with Gasteiger partial charge in [-0.2, -0.15) is 0 Å². The summed E-state index contributed by atoms with van der Waals surface area (Å²) in [5, 5.41) is 8.29. The van der Waals surface area contributed by atoms with Crippen LogP contribution in [0.4, 0.5) is 4.39 Å². The van der Waals surface area contributed by atoms with Gasteiger partial charge in [0.15, 0.2) is 0 Å². The highest BCUT2D eigenvalue weighted by atomic mass is 32.2. The van der Waals surface area contributed by atoms with Crippen molar-refractivity contribution in [1.29, 1.82) is 0 Å². The Hall–Kier alpha value is -1.80. The van der Waals surface area contributed by atoms with Crippen LogP contribution in [0.1, 0.15) is 30.0 Å². The summed E-state index contributed by atoms with van der Waals surface area (Å²) in [5.41, 5.74) is 1.70. The van der Waals surface area contributed by atoms with Crippen molar-refractivity contribution >= 4 is 10.0 Å². The van der Waals surface area contributed by atoms with E-state index in [2.05, 4.69) is 10.3 Å². The largest absolute Gasteiger partial charge is 0.248 e. The summed E-state index contributed by atoms with van der Waals surface area (Å²) < 4.78 is 39.4. The highest BCUT2D eigenvalue weighted by molar-refractivity contribution is 7.88. The van der Waals surface area contributed by atoms with Gasteiger partial charge in [-0.1, -0.05) is 17.3 Å². The number of hydrogen-bond donors (Lipinski definition) is 0. The fraction of sp³-hybridized carbons (Fsp3) is 0.467. The van der Waals surface area contributed by atoms with Gasteiger partial charge in [0.2, 0.25) is 10.0 Å². The number of piperidine rings is 1. The molecule has 0 unspecified atom stereocenters. The molecule has 1 aromatic carbocycles. The quantitative estimate of drug-likeness (QED) is 0.849. The van der Waals surface area contributed by atoms with Gasteiger partial charge in [-0.25, -0.2) is 21.8 Å². The molecule has 6 nitrogen and oxygen atoms in total. The second kappa shape index (κ2) is 6.37. The topological polar surface area (TPSA) is 68.1 Å². The maximum Gasteiger partial charge on any atom is 0.211 e. The van der Waals surface area contributed by atoms with Crippen molar-refractivity contribution in [3.63, 3.8) is 0 Å². The molecular formula is C15H19FN4O2S. The highest BCUT2D eigenvalue weighted by Gasteiger charge is 2.27. The molecule has 0 atom stereocenters. The summed E-state index contributed by atoms with van der Waals surface area (Å²) in [6, 6.07) is 6.40. The average Bonchev–Trinajstić information content (AvgIpc) is 2.95. The molecule has 3 rings (SSSR count). The Kier molecular flexibility index (Phi) is 4.45. The smallest absolute Gasteiger partial charge is 0.211 e. The Bertz CT molecular complexity index is 782. The average molecular weight is 338 g/mol. The number of halogens is 1. The van der Waals surface area contributed by atoms with Crippen LogP contribution >= 0.6 is 0 Å². The summed E-state index contributed by atoms with van der Waals surface area (Å²) in [5.74, 6) is -0.0507. The summed E-state index contributed by atoms with van der Waals surface area (Å²) in [6.07, 6.45) is 4.59. The molecular weight excluding hydrogens is 319 g/mol. The molecule has 2 heterocycles. The molecule has 1 aliphatic heterocycles. The number of nitrogens with zero attached hydrogens (tertiary/aromatic N) is 4. The Morgan fingerprint density at radius 2 is 2.04 bits per heavy atom. The third-order valence-corrected chi connectivity index (χ3v) is 5.43. The van der Waals surface area contributed by atoms with Crippen molar-refractivity contribution in [3.05, 3.63) is 47.5 Å². The van der Waals surface area contributed by atoms with Crippen LogP contribution in [-0.2, 0) is 16.6 Å². The van der Waals surface area contributed by atoms with E-state index < -0.39 is 10.0 Å². The second-order valence-corrected chi connectivity index (χ2v) is 7.89. The number of sulfonamides is 1. The van der Waals surface area contributed by atoms with E-state index in [1.54, 1.807) is 10.7 Å². The van der Waals surface area contributed by atoms with Crippen LogP contribution in [0.2, 0.25) is 0 Å². The van der Waals surface area contributed by atoms with Crippen LogP contribution < -0.4 is 0 Å². The van der Waals surface area contributed by atoms with E-state index in [9.17, 15) is 12.8 Å². The molecule has 2 aromatic rings. The third kappa shape index (κ3) is 3.94. The minimum atomic E-state index is -3.11. The molecule has 0 saturated carbocycles. The first-order chi connectivity index (χ1) is 10.9. The SMILES string of the molecule is CS(=O)(=O)N1CCC(c2cn(Cc3cccc(F)c3)nn2)CC1. The van der Waals surface area contributed by atoms with Gasteiger partial charge in [0.25, 0.3) is 0 Å². The summed E-state index contributed by atoms with van der Waals surface area (Å²) in [7, 11) is -3.11. The predicted molar refractivity (Wildman–Crippen MR) is 83.9 cm³/mol. The van der Waals surface area contributed by atoms with Gasteiger partial charge in [-0.15, -0.1) is 5.10 Å². The normalized spacial score (nSPS) is 17.5. The van der Waals surface area contributed by atoms with E-state index in [0.29, 0.717) is 19.6 Å². The van der Waals surface area contributed by atoms with Crippen molar-refractivity contribution in [2.24, 2.45) is 0 Å².